The Labute approximate surface area is 107 Å². The molecule has 0 saturated carbocycles. The van der Waals surface area contributed by atoms with E-state index in [9.17, 15) is 9.90 Å². The van der Waals surface area contributed by atoms with Gasteiger partial charge in [-0.15, -0.1) is 0 Å². The first-order chi connectivity index (χ1) is 8.16. The Bertz CT molecular complexity index is 637. The minimum atomic E-state index is -0.849. The normalized spacial score (nSPS) is 13.9. The molecule has 1 heterocycles. The molecule has 3 rings (SSSR count). The van der Waals surface area contributed by atoms with Gasteiger partial charge in [-0.25, -0.2) is 4.79 Å². The van der Waals surface area contributed by atoms with E-state index in [1.165, 1.54) is 0 Å². The molecular formula is C13H10BrNO2. The van der Waals surface area contributed by atoms with Crippen molar-refractivity contribution in [3.8, 4) is 0 Å². The maximum atomic E-state index is 11.4. The van der Waals surface area contributed by atoms with Gasteiger partial charge in [0.15, 0.2) is 0 Å². The van der Waals surface area contributed by atoms with E-state index in [2.05, 4.69) is 20.9 Å². The van der Waals surface area contributed by atoms with Crippen molar-refractivity contribution in [2.75, 3.05) is 0 Å². The van der Waals surface area contributed by atoms with Gasteiger partial charge in [0.1, 0.15) is 0 Å². The second-order valence-corrected chi connectivity index (χ2v) is 5.15. The summed E-state index contributed by atoms with van der Waals surface area (Å²) in [6.45, 7) is 0. The third-order valence-corrected chi connectivity index (χ3v) is 3.68. The lowest BCUT2D eigenvalue weighted by atomic mass is 10.0. The summed E-state index contributed by atoms with van der Waals surface area (Å²) in [5, 5.41) is 10.1. The van der Waals surface area contributed by atoms with E-state index >= 15 is 0 Å². The van der Waals surface area contributed by atoms with Crippen LogP contribution in [0.15, 0.2) is 22.7 Å². The Morgan fingerprint density at radius 3 is 2.94 bits per heavy atom. The molecule has 0 amide bonds. The third kappa shape index (κ3) is 1.63. The van der Waals surface area contributed by atoms with Crippen LogP contribution in [0.4, 0.5) is 0 Å². The molecule has 86 valence electrons. The van der Waals surface area contributed by atoms with Crippen LogP contribution in [0, 0.1) is 0 Å². The maximum Gasteiger partial charge on any atom is 0.336 e. The molecule has 0 spiro atoms. The van der Waals surface area contributed by atoms with E-state index in [4.69, 9.17) is 0 Å². The molecule has 0 saturated heterocycles. The molecule has 2 aromatic rings. The van der Waals surface area contributed by atoms with Crippen molar-refractivity contribution in [3.05, 3.63) is 39.5 Å². The van der Waals surface area contributed by atoms with Gasteiger partial charge in [0.2, 0.25) is 0 Å². The topological polar surface area (TPSA) is 50.2 Å². The van der Waals surface area contributed by atoms with Gasteiger partial charge in [0.25, 0.3) is 0 Å². The van der Waals surface area contributed by atoms with Crippen LogP contribution in [-0.2, 0) is 12.8 Å². The molecule has 4 heteroatoms. The van der Waals surface area contributed by atoms with Crippen LogP contribution in [0.1, 0.15) is 28.0 Å². The smallest absolute Gasteiger partial charge is 0.336 e. The second kappa shape index (κ2) is 3.81. The van der Waals surface area contributed by atoms with E-state index in [0.29, 0.717) is 5.56 Å². The van der Waals surface area contributed by atoms with Gasteiger partial charge in [-0.3, -0.25) is 4.98 Å². The van der Waals surface area contributed by atoms with E-state index in [0.717, 1.165) is 45.9 Å². The zero-order chi connectivity index (χ0) is 12.0. The molecule has 1 aromatic carbocycles. The first kappa shape index (κ1) is 10.7. The number of fused-ring (bicyclic) bond motifs is 2. The van der Waals surface area contributed by atoms with E-state index in [-0.39, 0.29) is 0 Å². The molecular weight excluding hydrogens is 282 g/mol. The fourth-order valence-corrected chi connectivity index (χ4v) is 2.83. The summed E-state index contributed by atoms with van der Waals surface area (Å²) in [7, 11) is 0. The first-order valence-corrected chi connectivity index (χ1v) is 6.30. The van der Waals surface area contributed by atoms with Crippen LogP contribution >= 0.6 is 15.9 Å². The van der Waals surface area contributed by atoms with Gasteiger partial charge in [-0.05, 0) is 37.0 Å². The maximum absolute atomic E-state index is 11.4. The number of aromatic nitrogens is 1. The van der Waals surface area contributed by atoms with E-state index < -0.39 is 5.97 Å². The van der Waals surface area contributed by atoms with E-state index in [1.807, 2.05) is 18.2 Å². The van der Waals surface area contributed by atoms with Crippen LogP contribution in [-0.4, -0.2) is 16.1 Å². The highest BCUT2D eigenvalue weighted by Gasteiger charge is 2.23. The van der Waals surface area contributed by atoms with Crippen LogP contribution < -0.4 is 0 Å². The van der Waals surface area contributed by atoms with Gasteiger partial charge in [-0.2, -0.15) is 0 Å². The highest BCUT2D eigenvalue weighted by molar-refractivity contribution is 9.10. The molecule has 0 fully saturated rings. The number of hydrogen-bond acceptors (Lipinski definition) is 2. The average molecular weight is 292 g/mol. The lowest BCUT2D eigenvalue weighted by Gasteiger charge is -2.08. The van der Waals surface area contributed by atoms with Gasteiger partial charge in [-0.1, -0.05) is 22.0 Å². The number of rotatable bonds is 1. The molecule has 0 radical (unpaired) electrons. The summed E-state index contributed by atoms with van der Waals surface area (Å²) in [5.41, 5.74) is 3.08. The molecule has 1 aromatic heterocycles. The number of benzene rings is 1. The van der Waals surface area contributed by atoms with Crippen molar-refractivity contribution in [2.24, 2.45) is 0 Å². The van der Waals surface area contributed by atoms with Crippen LogP contribution in [0.3, 0.4) is 0 Å². The fourth-order valence-electron chi connectivity index (χ4n) is 2.48. The molecule has 0 bridgehead atoms. The quantitative estimate of drug-likeness (QED) is 0.878. The zero-order valence-corrected chi connectivity index (χ0v) is 10.6. The van der Waals surface area contributed by atoms with Crippen molar-refractivity contribution >= 4 is 32.8 Å². The number of halogens is 1. The lowest BCUT2D eigenvalue weighted by Crippen LogP contribution is -2.05. The lowest BCUT2D eigenvalue weighted by molar-refractivity contribution is 0.0698. The number of nitrogens with zero attached hydrogens (tertiary/aromatic N) is 1. The average Bonchev–Trinajstić information content (AvgIpc) is 2.72. The minimum absolute atomic E-state index is 0.440. The predicted octanol–water partition coefficient (Wildman–Crippen LogP) is 3.18. The van der Waals surface area contributed by atoms with Gasteiger partial charge < -0.3 is 5.11 Å². The van der Waals surface area contributed by atoms with Crippen molar-refractivity contribution in [1.82, 2.24) is 4.98 Å². The molecule has 0 unspecified atom stereocenters. The summed E-state index contributed by atoms with van der Waals surface area (Å²) in [4.78, 5) is 16.0. The Balaban J connectivity index is 2.44. The molecule has 1 aliphatic rings. The van der Waals surface area contributed by atoms with Crippen molar-refractivity contribution < 1.29 is 9.90 Å². The number of carboxylic acid groups (broad SMARTS) is 1. The molecule has 1 aliphatic carbocycles. The summed E-state index contributed by atoms with van der Waals surface area (Å²) in [5.74, 6) is -0.849. The molecule has 3 nitrogen and oxygen atoms in total. The number of carbonyl (C=O) groups is 1. The van der Waals surface area contributed by atoms with Crippen LogP contribution in [0.25, 0.3) is 10.9 Å². The number of aromatic carboxylic acids is 1. The molecule has 1 N–H and O–H groups in total. The standard InChI is InChI=1S/C13H10BrNO2/c14-7-4-5-9-11(6-7)15-10-3-1-2-8(10)12(9)13(16)17/h4-6H,1-3H2,(H,16,17). The first-order valence-electron chi connectivity index (χ1n) is 5.51. The van der Waals surface area contributed by atoms with Gasteiger partial charge in [0.05, 0.1) is 11.1 Å². The Kier molecular flexibility index (Phi) is 2.40. The largest absolute Gasteiger partial charge is 0.478 e. The monoisotopic (exact) mass is 291 g/mol. The van der Waals surface area contributed by atoms with Crippen LogP contribution in [0.2, 0.25) is 0 Å². The summed E-state index contributed by atoms with van der Waals surface area (Å²) >= 11 is 3.39. The van der Waals surface area contributed by atoms with Crippen molar-refractivity contribution in [3.63, 3.8) is 0 Å². The number of hydrogen-bond donors (Lipinski definition) is 1. The molecule has 17 heavy (non-hydrogen) atoms. The third-order valence-electron chi connectivity index (χ3n) is 3.19. The highest BCUT2D eigenvalue weighted by atomic mass is 79.9. The van der Waals surface area contributed by atoms with Crippen molar-refractivity contribution in [2.45, 2.75) is 19.3 Å². The Morgan fingerprint density at radius 2 is 2.18 bits per heavy atom. The summed E-state index contributed by atoms with van der Waals surface area (Å²) in [6.07, 6.45) is 2.72. The Hall–Kier alpha value is -1.42. The van der Waals surface area contributed by atoms with Crippen molar-refractivity contribution in [1.29, 1.82) is 0 Å². The zero-order valence-electron chi connectivity index (χ0n) is 9.03. The van der Waals surface area contributed by atoms with E-state index in [1.54, 1.807) is 0 Å². The van der Waals surface area contributed by atoms with Gasteiger partial charge in [0, 0.05) is 15.6 Å². The second-order valence-electron chi connectivity index (χ2n) is 4.23. The number of carboxylic acids is 1. The molecule has 0 atom stereocenters. The highest BCUT2D eigenvalue weighted by Crippen LogP contribution is 2.31. The summed E-state index contributed by atoms with van der Waals surface area (Å²) < 4.78 is 0.923. The fraction of sp³-hybridized carbons (Fsp3) is 0.231. The van der Waals surface area contributed by atoms with Crippen LogP contribution in [0.5, 0.6) is 0 Å². The summed E-state index contributed by atoms with van der Waals surface area (Å²) in [6, 6.07) is 5.56. The molecule has 0 aliphatic heterocycles. The van der Waals surface area contributed by atoms with Gasteiger partial charge >= 0.3 is 5.97 Å². The number of aryl methyl sites for hydroxylation is 1. The minimum Gasteiger partial charge on any atom is -0.478 e. The Morgan fingerprint density at radius 1 is 1.35 bits per heavy atom. The SMILES string of the molecule is O=C(O)c1c2c(nc3cc(Br)ccc13)CCC2. The predicted molar refractivity (Wildman–Crippen MR) is 68.4 cm³/mol. The number of pyridine rings is 1.